The average Bonchev–Trinajstić information content (AvgIpc) is 2.34. The standard InChI is InChI=1S/C13H21NO3/c1-4-9(3)11(8-15)14-7-6-12(16)13(17)10(14)5-2/h6-7,9,11,15,17H,4-5,8H2,1-3H3/t9?,11-/m1/s1. The summed E-state index contributed by atoms with van der Waals surface area (Å²) in [5, 5.41) is 19.2. The molecule has 4 nitrogen and oxygen atoms in total. The minimum atomic E-state index is -0.362. The second-order valence-corrected chi connectivity index (χ2v) is 4.37. The van der Waals surface area contributed by atoms with Crippen molar-refractivity contribution in [1.82, 2.24) is 4.57 Å². The smallest absolute Gasteiger partial charge is 0.223 e. The molecule has 0 fully saturated rings. The normalized spacial score (nSPS) is 14.6. The molecular formula is C13H21NO3. The molecule has 96 valence electrons. The number of aromatic hydroxyl groups is 1. The van der Waals surface area contributed by atoms with Crippen molar-refractivity contribution in [1.29, 1.82) is 0 Å². The molecule has 2 N–H and O–H groups in total. The lowest BCUT2D eigenvalue weighted by Crippen LogP contribution is -2.24. The van der Waals surface area contributed by atoms with Crippen LogP contribution in [-0.2, 0) is 6.42 Å². The number of rotatable bonds is 5. The molecule has 1 aromatic rings. The van der Waals surface area contributed by atoms with Gasteiger partial charge in [-0.05, 0) is 12.3 Å². The van der Waals surface area contributed by atoms with Crippen LogP contribution >= 0.6 is 0 Å². The van der Waals surface area contributed by atoms with Crippen LogP contribution in [0.25, 0.3) is 0 Å². The van der Waals surface area contributed by atoms with Gasteiger partial charge in [-0.1, -0.05) is 27.2 Å². The molecular weight excluding hydrogens is 218 g/mol. The van der Waals surface area contributed by atoms with Gasteiger partial charge in [-0.25, -0.2) is 0 Å². The Bertz CT molecular complexity index is 425. The zero-order valence-electron chi connectivity index (χ0n) is 10.7. The van der Waals surface area contributed by atoms with Gasteiger partial charge in [0.2, 0.25) is 5.43 Å². The Labute approximate surface area is 102 Å². The summed E-state index contributed by atoms with van der Waals surface area (Å²) in [5.41, 5.74) is 0.232. The van der Waals surface area contributed by atoms with Crippen LogP contribution in [0.15, 0.2) is 17.1 Å². The minimum Gasteiger partial charge on any atom is -0.503 e. The highest BCUT2D eigenvalue weighted by atomic mass is 16.3. The van der Waals surface area contributed by atoms with Crippen LogP contribution in [0.3, 0.4) is 0 Å². The summed E-state index contributed by atoms with van der Waals surface area (Å²) in [6.07, 6.45) is 3.16. The van der Waals surface area contributed by atoms with Crippen LogP contribution in [0.5, 0.6) is 5.75 Å². The fourth-order valence-corrected chi connectivity index (χ4v) is 2.06. The number of hydrogen-bond acceptors (Lipinski definition) is 3. The van der Waals surface area contributed by atoms with E-state index in [2.05, 4.69) is 13.8 Å². The molecule has 0 radical (unpaired) electrons. The molecule has 0 spiro atoms. The third kappa shape index (κ3) is 2.69. The van der Waals surface area contributed by atoms with Crippen molar-refractivity contribution in [2.45, 2.75) is 39.7 Å². The summed E-state index contributed by atoms with van der Waals surface area (Å²) < 4.78 is 1.82. The summed E-state index contributed by atoms with van der Waals surface area (Å²) in [4.78, 5) is 11.4. The highest BCUT2D eigenvalue weighted by molar-refractivity contribution is 5.27. The number of aliphatic hydroxyl groups is 1. The predicted octanol–water partition coefficient (Wildman–Crippen LogP) is 1.70. The van der Waals surface area contributed by atoms with Gasteiger partial charge in [0.1, 0.15) is 0 Å². The van der Waals surface area contributed by atoms with Crippen LogP contribution in [0.1, 0.15) is 38.9 Å². The van der Waals surface area contributed by atoms with Gasteiger partial charge in [0.05, 0.1) is 18.3 Å². The van der Waals surface area contributed by atoms with Gasteiger partial charge >= 0.3 is 0 Å². The molecule has 1 aromatic heterocycles. The third-order valence-electron chi connectivity index (χ3n) is 3.38. The molecule has 0 aliphatic heterocycles. The monoisotopic (exact) mass is 239 g/mol. The second kappa shape index (κ2) is 5.87. The van der Waals surface area contributed by atoms with E-state index in [1.165, 1.54) is 6.07 Å². The van der Waals surface area contributed by atoms with Crippen molar-refractivity contribution < 1.29 is 10.2 Å². The van der Waals surface area contributed by atoms with Crippen LogP contribution in [-0.4, -0.2) is 21.4 Å². The SMILES string of the molecule is CCc1c(O)c(=O)ccn1[C@H](CO)C(C)CC. The maximum Gasteiger partial charge on any atom is 0.223 e. The largest absolute Gasteiger partial charge is 0.503 e. The molecule has 0 aliphatic carbocycles. The highest BCUT2D eigenvalue weighted by Gasteiger charge is 2.20. The van der Waals surface area contributed by atoms with Crippen LogP contribution in [0.4, 0.5) is 0 Å². The Morgan fingerprint density at radius 2 is 2.06 bits per heavy atom. The summed E-state index contributed by atoms with van der Waals surface area (Å²) >= 11 is 0. The van der Waals surface area contributed by atoms with Gasteiger partial charge < -0.3 is 14.8 Å². The molecule has 0 aromatic carbocycles. The van der Waals surface area contributed by atoms with Crippen molar-refractivity contribution >= 4 is 0 Å². The van der Waals surface area contributed by atoms with E-state index < -0.39 is 0 Å². The summed E-state index contributed by atoms with van der Waals surface area (Å²) in [6, 6.07) is 1.25. The average molecular weight is 239 g/mol. The van der Waals surface area contributed by atoms with Gasteiger partial charge in [0.15, 0.2) is 5.75 Å². The van der Waals surface area contributed by atoms with Crippen LogP contribution in [0, 0.1) is 5.92 Å². The Morgan fingerprint density at radius 3 is 2.53 bits per heavy atom. The molecule has 0 amide bonds. The van der Waals surface area contributed by atoms with Crippen molar-refractivity contribution in [3.63, 3.8) is 0 Å². The van der Waals surface area contributed by atoms with Gasteiger partial charge in [-0.3, -0.25) is 4.79 Å². The molecule has 1 rings (SSSR count). The van der Waals surface area contributed by atoms with Crippen LogP contribution < -0.4 is 5.43 Å². The highest BCUT2D eigenvalue weighted by Crippen LogP contribution is 2.24. The van der Waals surface area contributed by atoms with Crippen LogP contribution in [0.2, 0.25) is 0 Å². The Morgan fingerprint density at radius 1 is 1.41 bits per heavy atom. The fraction of sp³-hybridized carbons (Fsp3) is 0.615. The molecule has 1 unspecified atom stereocenters. The van der Waals surface area contributed by atoms with Crippen molar-refractivity contribution in [3.05, 3.63) is 28.2 Å². The summed E-state index contributed by atoms with van der Waals surface area (Å²) in [6.45, 7) is 6.00. The lowest BCUT2D eigenvalue weighted by molar-refractivity contribution is 0.179. The van der Waals surface area contributed by atoms with E-state index in [9.17, 15) is 15.0 Å². The minimum absolute atomic E-state index is 0.00428. The molecule has 2 atom stereocenters. The van der Waals surface area contributed by atoms with E-state index in [-0.39, 0.29) is 29.7 Å². The fourth-order valence-electron chi connectivity index (χ4n) is 2.06. The predicted molar refractivity (Wildman–Crippen MR) is 67.3 cm³/mol. The molecule has 4 heteroatoms. The van der Waals surface area contributed by atoms with E-state index in [1.54, 1.807) is 6.20 Å². The zero-order chi connectivity index (χ0) is 13.0. The van der Waals surface area contributed by atoms with Gasteiger partial charge in [0.25, 0.3) is 0 Å². The first-order valence-electron chi connectivity index (χ1n) is 6.10. The molecule has 0 saturated heterocycles. The lowest BCUT2D eigenvalue weighted by atomic mass is 9.98. The van der Waals surface area contributed by atoms with Gasteiger partial charge in [-0.2, -0.15) is 0 Å². The van der Waals surface area contributed by atoms with Crippen molar-refractivity contribution in [2.24, 2.45) is 5.92 Å². The van der Waals surface area contributed by atoms with E-state index >= 15 is 0 Å². The quantitative estimate of drug-likeness (QED) is 0.822. The zero-order valence-corrected chi connectivity index (χ0v) is 10.7. The number of hydrogen-bond donors (Lipinski definition) is 2. The Kier molecular flexibility index (Phi) is 4.75. The second-order valence-electron chi connectivity index (χ2n) is 4.37. The van der Waals surface area contributed by atoms with Crippen molar-refractivity contribution in [3.8, 4) is 5.75 Å². The Balaban J connectivity index is 3.29. The molecule has 0 saturated carbocycles. The van der Waals surface area contributed by atoms with Gasteiger partial charge in [0, 0.05) is 12.3 Å². The van der Waals surface area contributed by atoms with E-state index in [0.29, 0.717) is 12.1 Å². The van der Waals surface area contributed by atoms with Gasteiger partial charge in [-0.15, -0.1) is 0 Å². The van der Waals surface area contributed by atoms with Crippen molar-refractivity contribution in [2.75, 3.05) is 6.61 Å². The number of nitrogens with zero attached hydrogens (tertiary/aromatic N) is 1. The number of aliphatic hydroxyl groups excluding tert-OH is 1. The molecule has 0 bridgehead atoms. The maximum absolute atomic E-state index is 11.4. The Hall–Kier alpha value is -1.29. The third-order valence-corrected chi connectivity index (χ3v) is 3.38. The maximum atomic E-state index is 11.4. The molecule has 0 aliphatic rings. The first kappa shape index (κ1) is 13.8. The van der Waals surface area contributed by atoms with E-state index in [1.807, 2.05) is 11.5 Å². The lowest BCUT2D eigenvalue weighted by Gasteiger charge is -2.27. The summed E-state index contributed by atoms with van der Waals surface area (Å²) in [5.74, 6) is 0.0870. The first-order chi connectivity index (χ1) is 8.06. The van der Waals surface area contributed by atoms with E-state index in [0.717, 1.165) is 6.42 Å². The molecule has 17 heavy (non-hydrogen) atoms. The topological polar surface area (TPSA) is 62.5 Å². The van der Waals surface area contributed by atoms with E-state index in [4.69, 9.17) is 0 Å². The summed E-state index contributed by atoms with van der Waals surface area (Å²) in [7, 11) is 0. The number of pyridine rings is 1. The number of aromatic nitrogens is 1. The first-order valence-corrected chi connectivity index (χ1v) is 6.10. The molecule has 1 heterocycles.